The molecule has 0 fully saturated rings. The third-order valence-electron chi connectivity index (χ3n) is 2.65. The Morgan fingerprint density at radius 1 is 1.27 bits per heavy atom. The van der Waals surface area contributed by atoms with Crippen molar-refractivity contribution in [2.45, 2.75) is 19.3 Å². The molecule has 0 saturated carbocycles. The molecule has 0 aromatic heterocycles. The molecule has 0 heterocycles. The van der Waals surface area contributed by atoms with Crippen molar-refractivity contribution in [2.24, 2.45) is 0 Å². The minimum absolute atomic E-state index is 0.282. The Morgan fingerprint density at radius 2 is 1.93 bits per heavy atom. The Morgan fingerprint density at radius 3 is 2.53 bits per heavy atom. The molecule has 0 aliphatic carbocycles. The molecule has 1 unspecified atom stereocenters. The predicted octanol–water partition coefficient (Wildman–Crippen LogP) is 2.10. The fourth-order valence-electron chi connectivity index (χ4n) is 1.79. The van der Waals surface area contributed by atoms with Gasteiger partial charge in [0.25, 0.3) is 0 Å². The van der Waals surface area contributed by atoms with Gasteiger partial charge < -0.3 is 10.0 Å². The fraction of sp³-hybridized carbons (Fsp3) is 0.538. The maximum absolute atomic E-state index is 8.74. The molecule has 2 nitrogen and oxygen atoms in total. The predicted molar refractivity (Wildman–Crippen MR) is 64.1 cm³/mol. The van der Waals surface area contributed by atoms with E-state index < -0.39 is 0 Å². The van der Waals surface area contributed by atoms with Crippen LogP contribution >= 0.6 is 0 Å². The molecule has 2 heteroatoms. The van der Waals surface area contributed by atoms with Gasteiger partial charge in [-0.2, -0.15) is 0 Å². The van der Waals surface area contributed by atoms with Gasteiger partial charge in [0.05, 0.1) is 0 Å². The lowest BCUT2D eigenvalue weighted by molar-refractivity contribution is 0.243. The van der Waals surface area contributed by atoms with Crippen molar-refractivity contribution in [3.63, 3.8) is 0 Å². The van der Waals surface area contributed by atoms with Crippen molar-refractivity contribution >= 4 is 0 Å². The molecule has 1 aromatic rings. The lowest BCUT2D eigenvalue weighted by Gasteiger charge is -2.21. The first-order chi connectivity index (χ1) is 7.24. The molecular formula is C13H21NO. The first-order valence-corrected chi connectivity index (χ1v) is 5.58. The lowest BCUT2D eigenvalue weighted by Crippen LogP contribution is -2.25. The van der Waals surface area contributed by atoms with E-state index in [1.807, 2.05) is 6.07 Å². The maximum atomic E-state index is 8.74. The first kappa shape index (κ1) is 12.2. The van der Waals surface area contributed by atoms with Gasteiger partial charge in [0.1, 0.15) is 0 Å². The standard InChI is InChI=1S/C13H21NO/c1-12(11-14(2)9-6-10-15)13-7-4-3-5-8-13/h3-5,7-8,12,15H,6,9-11H2,1-2H3. The van der Waals surface area contributed by atoms with E-state index in [4.69, 9.17) is 5.11 Å². The lowest BCUT2D eigenvalue weighted by atomic mass is 10.0. The molecule has 1 atom stereocenters. The van der Waals surface area contributed by atoms with E-state index in [0.717, 1.165) is 19.5 Å². The van der Waals surface area contributed by atoms with Gasteiger partial charge in [0, 0.05) is 19.7 Å². The molecule has 1 rings (SSSR count). The van der Waals surface area contributed by atoms with Crippen molar-refractivity contribution in [3.05, 3.63) is 35.9 Å². The van der Waals surface area contributed by atoms with Gasteiger partial charge in [-0.05, 0) is 24.9 Å². The van der Waals surface area contributed by atoms with E-state index in [9.17, 15) is 0 Å². The number of aliphatic hydroxyl groups is 1. The highest BCUT2D eigenvalue weighted by Gasteiger charge is 2.07. The van der Waals surface area contributed by atoms with Crippen LogP contribution in [0.5, 0.6) is 0 Å². The van der Waals surface area contributed by atoms with Crippen LogP contribution in [-0.4, -0.2) is 36.8 Å². The molecule has 0 spiro atoms. The van der Waals surface area contributed by atoms with Crippen LogP contribution in [0.25, 0.3) is 0 Å². The molecule has 0 bridgehead atoms. The van der Waals surface area contributed by atoms with Gasteiger partial charge in [-0.25, -0.2) is 0 Å². The highest BCUT2D eigenvalue weighted by atomic mass is 16.3. The highest BCUT2D eigenvalue weighted by molar-refractivity contribution is 5.18. The third-order valence-corrected chi connectivity index (χ3v) is 2.65. The Kier molecular flexibility index (Phi) is 5.37. The molecule has 1 aromatic carbocycles. The maximum Gasteiger partial charge on any atom is 0.0443 e. The molecule has 1 N–H and O–H groups in total. The summed E-state index contributed by atoms with van der Waals surface area (Å²) in [6.07, 6.45) is 0.859. The number of hydrogen-bond acceptors (Lipinski definition) is 2. The van der Waals surface area contributed by atoms with Crippen LogP contribution in [-0.2, 0) is 0 Å². The molecule has 0 saturated heterocycles. The summed E-state index contributed by atoms with van der Waals surface area (Å²) in [5.41, 5.74) is 1.38. The van der Waals surface area contributed by atoms with Gasteiger partial charge in [-0.1, -0.05) is 37.3 Å². The van der Waals surface area contributed by atoms with E-state index in [1.54, 1.807) is 0 Å². The molecular weight excluding hydrogens is 186 g/mol. The quantitative estimate of drug-likeness (QED) is 0.772. The van der Waals surface area contributed by atoms with E-state index in [-0.39, 0.29) is 6.61 Å². The van der Waals surface area contributed by atoms with Gasteiger partial charge in [0.2, 0.25) is 0 Å². The summed E-state index contributed by atoms with van der Waals surface area (Å²) in [5.74, 6) is 0.551. The third kappa shape index (κ3) is 4.45. The summed E-state index contributed by atoms with van der Waals surface area (Å²) < 4.78 is 0. The first-order valence-electron chi connectivity index (χ1n) is 5.58. The van der Waals surface area contributed by atoms with Crippen LogP contribution in [0.2, 0.25) is 0 Å². The second kappa shape index (κ2) is 6.59. The van der Waals surface area contributed by atoms with Gasteiger partial charge in [-0.15, -0.1) is 0 Å². The van der Waals surface area contributed by atoms with E-state index >= 15 is 0 Å². The summed E-state index contributed by atoms with van der Waals surface area (Å²) in [6.45, 7) is 4.53. The van der Waals surface area contributed by atoms with Gasteiger partial charge >= 0.3 is 0 Å². The van der Waals surface area contributed by atoms with Crippen LogP contribution in [0.1, 0.15) is 24.8 Å². The van der Waals surface area contributed by atoms with Crippen LogP contribution < -0.4 is 0 Å². The minimum atomic E-state index is 0.282. The molecule has 0 aliphatic rings. The molecule has 0 radical (unpaired) electrons. The van der Waals surface area contributed by atoms with E-state index in [1.165, 1.54) is 5.56 Å². The number of nitrogens with zero attached hydrogens (tertiary/aromatic N) is 1. The van der Waals surface area contributed by atoms with E-state index in [2.05, 4.69) is 43.1 Å². The minimum Gasteiger partial charge on any atom is -0.396 e. The summed E-state index contributed by atoms with van der Waals surface area (Å²) in [6, 6.07) is 10.6. The van der Waals surface area contributed by atoms with E-state index in [0.29, 0.717) is 5.92 Å². The smallest absolute Gasteiger partial charge is 0.0443 e. The van der Waals surface area contributed by atoms with Crippen LogP contribution in [0.4, 0.5) is 0 Å². The normalized spacial score (nSPS) is 13.1. The zero-order valence-electron chi connectivity index (χ0n) is 9.69. The van der Waals surface area contributed by atoms with Crippen molar-refractivity contribution in [3.8, 4) is 0 Å². The topological polar surface area (TPSA) is 23.5 Å². The van der Waals surface area contributed by atoms with Crippen molar-refractivity contribution < 1.29 is 5.11 Å². The van der Waals surface area contributed by atoms with Crippen LogP contribution in [0.15, 0.2) is 30.3 Å². The van der Waals surface area contributed by atoms with Gasteiger partial charge in [-0.3, -0.25) is 0 Å². The number of rotatable bonds is 6. The largest absolute Gasteiger partial charge is 0.396 e. The van der Waals surface area contributed by atoms with Crippen LogP contribution in [0, 0.1) is 0 Å². The average molecular weight is 207 g/mol. The molecule has 15 heavy (non-hydrogen) atoms. The molecule has 0 aliphatic heterocycles. The molecule has 84 valence electrons. The monoisotopic (exact) mass is 207 g/mol. The summed E-state index contributed by atoms with van der Waals surface area (Å²) in [4.78, 5) is 2.27. The number of benzene rings is 1. The van der Waals surface area contributed by atoms with Crippen molar-refractivity contribution in [1.29, 1.82) is 0 Å². The van der Waals surface area contributed by atoms with Crippen molar-refractivity contribution in [1.82, 2.24) is 4.90 Å². The Labute approximate surface area is 92.5 Å². The number of aliphatic hydroxyl groups excluding tert-OH is 1. The second-order valence-corrected chi connectivity index (χ2v) is 4.15. The highest BCUT2D eigenvalue weighted by Crippen LogP contribution is 2.15. The molecule has 0 amide bonds. The Bertz CT molecular complexity index is 260. The fourth-order valence-corrected chi connectivity index (χ4v) is 1.79. The van der Waals surface area contributed by atoms with Crippen LogP contribution in [0.3, 0.4) is 0 Å². The second-order valence-electron chi connectivity index (χ2n) is 4.15. The SMILES string of the molecule is CC(CN(C)CCCO)c1ccccc1. The average Bonchev–Trinajstić information content (AvgIpc) is 2.27. The Balaban J connectivity index is 2.38. The zero-order valence-corrected chi connectivity index (χ0v) is 9.69. The summed E-state index contributed by atoms with van der Waals surface area (Å²) >= 11 is 0. The van der Waals surface area contributed by atoms with Gasteiger partial charge in [0.15, 0.2) is 0 Å². The zero-order chi connectivity index (χ0) is 11.1. The number of hydrogen-bond donors (Lipinski definition) is 1. The summed E-state index contributed by atoms with van der Waals surface area (Å²) in [5, 5.41) is 8.74. The van der Waals surface area contributed by atoms with Crippen molar-refractivity contribution in [2.75, 3.05) is 26.7 Å². The summed E-state index contributed by atoms with van der Waals surface area (Å²) in [7, 11) is 2.11. The number of likely N-dealkylation sites (N-methyl/N-ethyl adjacent to an activating group) is 1. The Hall–Kier alpha value is -0.860.